The molecule has 8 heteroatoms. The van der Waals surface area contributed by atoms with Gasteiger partial charge in [0.05, 0.1) is 22.7 Å². The highest BCUT2D eigenvalue weighted by Crippen LogP contribution is 2.26. The first-order chi connectivity index (χ1) is 14.1. The number of aromatic nitrogens is 2. The lowest BCUT2D eigenvalue weighted by molar-refractivity contribution is -0.0498. The molecule has 0 bridgehead atoms. The van der Waals surface area contributed by atoms with E-state index in [1.165, 1.54) is 28.5 Å². The zero-order chi connectivity index (χ0) is 20.2. The maximum absolute atomic E-state index is 13.2. The lowest BCUT2D eigenvalue weighted by atomic mass is 10.1. The average molecular weight is 418 g/mol. The summed E-state index contributed by atoms with van der Waals surface area (Å²) in [6, 6.07) is 13.2. The summed E-state index contributed by atoms with van der Waals surface area (Å²) < 4.78 is 36.6. The molecule has 5 nitrogen and oxygen atoms in total. The molecule has 0 spiro atoms. The van der Waals surface area contributed by atoms with Crippen LogP contribution in [0.15, 0.2) is 58.5 Å². The van der Waals surface area contributed by atoms with Crippen LogP contribution >= 0.6 is 11.8 Å². The first-order valence-electron chi connectivity index (χ1n) is 9.43. The molecule has 0 saturated carbocycles. The zero-order valence-corrected chi connectivity index (χ0v) is 16.4. The summed E-state index contributed by atoms with van der Waals surface area (Å²) >= 11 is 1.47. The van der Waals surface area contributed by atoms with E-state index < -0.39 is 6.61 Å². The highest BCUT2D eigenvalue weighted by Gasteiger charge is 2.18. The number of ether oxygens (including phenoxy) is 2. The maximum Gasteiger partial charge on any atom is 0.387 e. The average Bonchev–Trinajstić information content (AvgIpc) is 2.74. The van der Waals surface area contributed by atoms with E-state index in [9.17, 15) is 13.6 Å². The van der Waals surface area contributed by atoms with E-state index in [-0.39, 0.29) is 17.4 Å². The first-order valence-corrected chi connectivity index (χ1v) is 10.4. The van der Waals surface area contributed by atoms with Gasteiger partial charge in [-0.25, -0.2) is 4.98 Å². The molecule has 152 valence electrons. The van der Waals surface area contributed by atoms with Crippen LogP contribution < -0.4 is 10.3 Å². The SMILES string of the molecule is O=c1c2ccccc2nc(SCC2CCCCO2)n1-c1ccc(OC(F)F)cc1. The molecule has 2 aromatic carbocycles. The van der Waals surface area contributed by atoms with Gasteiger partial charge in [0.1, 0.15) is 5.75 Å². The molecule has 3 aromatic rings. The number of alkyl halides is 2. The summed E-state index contributed by atoms with van der Waals surface area (Å²) in [7, 11) is 0. The monoisotopic (exact) mass is 418 g/mol. The predicted octanol–water partition coefficient (Wildman–Crippen LogP) is 4.65. The highest BCUT2D eigenvalue weighted by atomic mass is 32.2. The minimum absolute atomic E-state index is 0.0374. The van der Waals surface area contributed by atoms with Gasteiger partial charge in [0.25, 0.3) is 5.56 Å². The van der Waals surface area contributed by atoms with Crippen LogP contribution in [0.3, 0.4) is 0 Å². The second-order valence-corrected chi connectivity index (χ2v) is 7.71. The summed E-state index contributed by atoms with van der Waals surface area (Å²) in [6.45, 7) is -2.14. The van der Waals surface area contributed by atoms with Gasteiger partial charge in [-0.2, -0.15) is 8.78 Å². The van der Waals surface area contributed by atoms with Crippen molar-refractivity contribution < 1.29 is 18.3 Å². The van der Waals surface area contributed by atoms with E-state index in [1.807, 2.05) is 12.1 Å². The number of halogens is 2. The Kier molecular flexibility index (Phi) is 6.10. The molecular weight excluding hydrogens is 398 g/mol. The Morgan fingerprint density at radius 1 is 1.17 bits per heavy atom. The number of thioether (sulfide) groups is 1. The number of hydrogen-bond acceptors (Lipinski definition) is 5. The standard InChI is InChI=1S/C21H20F2N2O3S/c22-20(23)28-15-10-8-14(9-11-15)25-19(26)17-6-1-2-7-18(17)24-21(25)29-13-16-5-3-4-12-27-16/h1-2,6-11,16,20H,3-5,12-13H2. The molecule has 2 heterocycles. The summed E-state index contributed by atoms with van der Waals surface area (Å²) in [5, 5.41) is 1.05. The van der Waals surface area contributed by atoms with Gasteiger partial charge in [-0.3, -0.25) is 9.36 Å². The van der Waals surface area contributed by atoms with Gasteiger partial charge in [-0.15, -0.1) is 0 Å². The molecule has 1 saturated heterocycles. The molecule has 1 aromatic heterocycles. The summed E-state index contributed by atoms with van der Waals surface area (Å²) in [5.41, 5.74) is 0.964. The van der Waals surface area contributed by atoms with Crippen LogP contribution in [0.5, 0.6) is 5.75 Å². The largest absolute Gasteiger partial charge is 0.435 e. The van der Waals surface area contributed by atoms with Gasteiger partial charge >= 0.3 is 6.61 Å². The number of rotatable bonds is 6. The van der Waals surface area contributed by atoms with Crippen LogP contribution in [0, 0.1) is 0 Å². The third-order valence-corrected chi connectivity index (χ3v) is 5.81. The third-order valence-electron chi connectivity index (χ3n) is 4.74. The zero-order valence-electron chi connectivity index (χ0n) is 15.6. The molecule has 1 atom stereocenters. The van der Waals surface area contributed by atoms with E-state index in [0.29, 0.717) is 27.5 Å². The van der Waals surface area contributed by atoms with Crippen LogP contribution in [0.25, 0.3) is 16.6 Å². The van der Waals surface area contributed by atoms with Crippen LogP contribution in [-0.4, -0.2) is 34.6 Å². The van der Waals surface area contributed by atoms with Gasteiger partial charge in [-0.05, 0) is 55.7 Å². The number of benzene rings is 2. The number of fused-ring (bicyclic) bond motifs is 1. The van der Waals surface area contributed by atoms with Gasteiger partial charge in [0.15, 0.2) is 5.16 Å². The fraction of sp³-hybridized carbons (Fsp3) is 0.333. The first kappa shape index (κ1) is 19.8. The van der Waals surface area contributed by atoms with Gasteiger partial charge < -0.3 is 9.47 Å². The summed E-state index contributed by atoms with van der Waals surface area (Å²) in [5.74, 6) is 0.729. The quantitative estimate of drug-likeness (QED) is 0.431. The van der Waals surface area contributed by atoms with Crippen LogP contribution in [0.1, 0.15) is 19.3 Å². The van der Waals surface area contributed by atoms with Crippen LogP contribution in [-0.2, 0) is 4.74 Å². The second-order valence-electron chi connectivity index (χ2n) is 6.72. The van der Waals surface area contributed by atoms with Crippen molar-refractivity contribution >= 4 is 22.7 Å². The Bertz CT molecular complexity index is 1030. The predicted molar refractivity (Wildman–Crippen MR) is 108 cm³/mol. The topological polar surface area (TPSA) is 53.3 Å². The molecule has 1 fully saturated rings. The van der Waals surface area contributed by atoms with Crippen molar-refractivity contribution in [3.63, 3.8) is 0 Å². The molecule has 0 amide bonds. The van der Waals surface area contributed by atoms with E-state index >= 15 is 0 Å². The smallest absolute Gasteiger partial charge is 0.387 e. The van der Waals surface area contributed by atoms with Crippen molar-refractivity contribution in [1.29, 1.82) is 0 Å². The van der Waals surface area contributed by atoms with E-state index in [0.717, 1.165) is 25.9 Å². The van der Waals surface area contributed by atoms with Gasteiger partial charge in [0.2, 0.25) is 0 Å². The van der Waals surface area contributed by atoms with Crippen molar-refractivity contribution in [3.8, 4) is 11.4 Å². The molecule has 1 aliphatic heterocycles. The molecule has 29 heavy (non-hydrogen) atoms. The maximum atomic E-state index is 13.2. The number of nitrogens with zero attached hydrogens (tertiary/aromatic N) is 2. The molecule has 4 rings (SSSR count). The Balaban J connectivity index is 1.71. The Morgan fingerprint density at radius 2 is 1.97 bits per heavy atom. The lowest BCUT2D eigenvalue weighted by Gasteiger charge is -2.22. The highest BCUT2D eigenvalue weighted by molar-refractivity contribution is 7.99. The van der Waals surface area contributed by atoms with E-state index in [2.05, 4.69) is 9.72 Å². The van der Waals surface area contributed by atoms with Crippen LogP contribution in [0.2, 0.25) is 0 Å². The van der Waals surface area contributed by atoms with Crippen molar-refractivity contribution in [3.05, 3.63) is 58.9 Å². The van der Waals surface area contributed by atoms with Crippen molar-refractivity contribution in [2.75, 3.05) is 12.4 Å². The second kappa shape index (κ2) is 8.92. The van der Waals surface area contributed by atoms with Gasteiger partial charge in [-0.1, -0.05) is 23.9 Å². The number of hydrogen-bond donors (Lipinski definition) is 0. The fourth-order valence-electron chi connectivity index (χ4n) is 3.32. The summed E-state index contributed by atoms with van der Waals surface area (Å²) in [6.07, 6.45) is 3.33. The molecule has 0 aliphatic carbocycles. The molecule has 0 N–H and O–H groups in total. The minimum atomic E-state index is -2.90. The normalized spacial score (nSPS) is 17.0. The molecule has 1 aliphatic rings. The van der Waals surface area contributed by atoms with E-state index in [1.54, 1.807) is 24.3 Å². The van der Waals surface area contributed by atoms with Crippen molar-refractivity contribution in [2.45, 2.75) is 37.1 Å². The van der Waals surface area contributed by atoms with Crippen LogP contribution in [0.4, 0.5) is 8.78 Å². The molecule has 0 radical (unpaired) electrons. The Labute approximate surface area is 170 Å². The Morgan fingerprint density at radius 3 is 2.69 bits per heavy atom. The minimum Gasteiger partial charge on any atom is -0.435 e. The molecular formula is C21H20F2N2O3S. The molecule has 1 unspecified atom stereocenters. The number of para-hydroxylation sites is 1. The van der Waals surface area contributed by atoms with Crippen molar-refractivity contribution in [2.24, 2.45) is 0 Å². The fourth-order valence-corrected chi connectivity index (χ4v) is 4.40. The lowest BCUT2D eigenvalue weighted by Crippen LogP contribution is -2.24. The summed E-state index contributed by atoms with van der Waals surface area (Å²) in [4.78, 5) is 17.9. The Hall–Kier alpha value is -2.45. The third kappa shape index (κ3) is 4.59. The van der Waals surface area contributed by atoms with E-state index in [4.69, 9.17) is 4.74 Å². The van der Waals surface area contributed by atoms with Crippen molar-refractivity contribution in [1.82, 2.24) is 9.55 Å². The van der Waals surface area contributed by atoms with Gasteiger partial charge in [0, 0.05) is 12.4 Å².